The van der Waals surface area contributed by atoms with Crippen molar-refractivity contribution in [1.82, 2.24) is 0 Å². The first-order valence-electron chi connectivity index (χ1n) is 8.16. The molecular formula is C21H18ClNO4. The molecule has 138 valence electrons. The van der Waals surface area contributed by atoms with E-state index in [2.05, 4.69) is 5.32 Å². The van der Waals surface area contributed by atoms with Gasteiger partial charge in [0.2, 0.25) is 0 Å². The minimum atomic E-state index is -0.323. The first kappa shape index (κ1) is 18.6. The van der Waals surface area contributed by atoms with Crippen LogP contribution in [0.5, 0.6) is 23.0 Å². The molecular weight excluding hydrogens is 366 g/mol. The number of carbonyl (C=O) groups is 1. The van der Waals surface area contributed by atoms with Crippen molar-refractivity contribution < 1.29 is 19.0 Å². The predicted molar refractivity (Wildman–Crippen MR) is 105 cm³/mol. The molecule has 3 aromatic rings. The van der Waals surface area contributed by atoms with Crippen LogP contribution in [-0.4, -0.2) is 20.1 Å². The Morgan fingerprint density at radius 1 is 0.852 bits per heavy atom. The summed E-state index contributed by atoms with van der Waals surface area (Å²) in [7, 11) is 3.05. The molecule has 6 heteroatoms. The lowest BCUT2D eigenvalue weighted by atomic mass is 10.1. The molecule has 0 aliphatic rings. The predicted octanol–water partition coefficient (Wildman–Crippen LogP) is 5.40. The van der Waals surface area contributed by atoms with Crippen LogP contribution in [0.4, 0.5) is 5.69 Å². The molecule has 1 N–H and O–H groups in total. The van der Waals surface area contributed by atoms with Gasteiger partial charge in [0.25, 0.3) is 5.91 Å². The Hall–Kier alpha value is -3.18. The minimum Gasteiger partial charge on any atom is -0.493 e. The van der Waals surface area contributed by atoms with E-state index in [-0.39, 0.29) is 5.91 Å². The Bertz CT molecular complexity index is 944. The van der Waals surface area contributed by atoms with Gasteiger partial charge in [-0.3, -0.25) is 4.79 Å². The van der Waals surface area contributed by atoms with E-state index >= 15 is 0 Å². The average Bonchev–Trinajstić information content (AvgIpc) is 2.70. The molecule has 0 aliphatic heterocycles. The minimum absolute atomic E-state index is 0.323. The van der Waals surface area contributed by atoms with Gasteiger partial charge in [-0.15, -0.1) is 0 Å². The van der Waals surface area contributed by atoms with Crippen molar-refractivity contribution in [1.29, 1.82) is 0 Å². The molecule has 0 unspecified atom stereocenters. The van der Waals surface area contributed by atoms with E-state index in [1.165, 1.54) is 14.2 Å². The Morgan fingerprint density at radius 3 is 2.26 bits per heavy atom. The maximum atomic E-state index is 12.7. The molecule has 0 bridgehead atoms. The third-order valence-electron chi connectivity index (χ3n) is 3.81. The van der Waals surface area contributed by atoms with Crippen LogP contribution >= 0.6 is 11.6 Å². The second kappa shape index (κ2) is 8.47. The standard InChI is InChI=1S/C21H18ClNO4/c1-25-19-10-8-14(12-20(19)26-2)21(24)23-17-13-15(22)9-11-18(17)27-16-6-4-3-5-7-16/h3-13H,1-2H3,(H,23,24). The Balaban J connectivity index is 1.86. The van der Waals surface area contributed by atoms with E-state index in [1.807, 2.05) is 30.3 Å². The highest BCUT2D eigenvalue weighted by atomic mass is 35.5. The highest BCUT2D eigenvalue weighted by molar-refractivity contribution is 6.31. The van der Waals surface area contributed by atoms with Gasteiger partial charge in [0.1, 0.15) is 5.75 Å². The number of rotatable bonds is 6. The first-order chi connectivity index (χ1) is 13.1. The van der Waals surface area contributed by atoms with Crippen LogP contribution in [0.3, 0.4) is 0 Å². The second-order valence-electron chi connectivity index (χ2n) is 5.58. The van der Waals surface area contributed by atoms with E-state index in [0.717, 1.165) is 0 Å². The molecule has 0 radical (unpaired) electrons. The number of nitrogens with one attached hydrogen (secondary N) is 1. The Labute approximate surface area is 162 Å². The van der Waals surface area contributed by atoms with Gasteiger partial charge in [0.05, 0.1) is 19.9 Å². The number of hydrogen-bond acceptors (Lipinski definition) is 4. The third-order valence-corrected chi connectivity index (χ3v) is 4.04. The van der Waals surface area contributed by atoms with Gasteiger partial charge in [-0.25, -0.2) is 0 Å². The molecule has 0 heterocycles. The molecule has 0 saturated heterocycles. The fraction of sp³-hybridized carbons (Fsp3) is 0.0952. The van der Waals surface area contributed by atoms with Crippen molar-refractivity contribution in [3.8, 4) is 23.0 Å². The number of benzene rings is 3. The topological polar surface area (TPSA) is 56.8 Å². The monoisotopic (exact) mass is 383 g/mol. The molecule has 3 aromatic carbocycles. The Kier molecular flexibility index (Phi) is 5.84. The van der Waals surface area contributed by atoms with Crippen LogP contribution < -0.4 is 19.5 Å². The molecule has 27 heavy (non-hydrogen) atoms. The Morgan fingerprint density at radius 2 is 1.56 bits per heavy atom. The smallest absolute Gasteiger partial charge is 0.255 e. The van der Waals surface area contributed by atoms with Crippen molar-refractivity contribution in [2.75, 3.05) is 19.5 Å². The maximum absolute atomic E-state index is 12.7. The molecule has 0 aromatic heterocycles. The lowest BCUT2D eigenvalue weighted by Gasteiger charge is -2.14. The van der Waals surface area contributed by atoms with E-state index < -0.39 is 0 Å². The average molecular weight is 384 g/mol. The van der Waals surface area contributed by atoms with Crippen LogP contribution in [0.15, 0.2) is 66.7 Å². The summed E-state index contributed by atoms with van der Waals surface area (Å²) in [5, 5.41) is 3.32. The summed E-state index contributed by atoms with van der Waals surface area (Å²) < 4.78 is 16.3. The first-order valence-corrected chi connectivity index (χ1v) is 8.54. The van der Waals surface area contributed by atoms with Gasteiger partial charge in [-0.1, -0.05) is 29.8 Å². The summed E-state index contributed by atoms with van der Waals surface area (Å²) >= 11 is 6.09. The maximum Gasteiger partial charge on any atom is 0.255 e. The zero-order chi connectivity index (χ0) is 19.2. The lowest BCUT2D eigenvalue weighted by molar-refractivity contribution is 0.102. The van der Waals surface area contributed by atoms with Crippen LogP contribution in [0.1, 0.15) is 10.4 Å². The molecule has 0 aliphatic carbocycles. The number of halogens is 1. The highest BCUT2D eigenvalue weighted by Gasteiger charge is 2.14. The summed E-state index contributed by atoms with van der Waals surface area (Å²) in [5.74, 6) is 1.83. The summed E-state index contributed by atoms with van der Waals surface area (Å²) in [4.78, 5) is 12.7. The van der Waals surface area contributed by atoms with Crippen LogP contribution in [0.2, 0.25) is 5.02 Å². The van der Waals surface area contributed by atoms with Crippen molar-refractivity contribution in [2.24, 2.45) is 0 Å². The fourth-order valence-corrected chi connectivity index (χ4v) is 2.65. The third kappa shape index (κ3) is 4.51. The van der Waals surface area contributed by atoms with Crippen molar-refractivity contribution in [2.45, 2.75) is 0 Å². The SMILES string of the molecule is COc1ccc(C(=O)Nc2cc(Cl)ccc2Oc2ccccc2)cc1OC. The summed E-state index contributed by atoms with van der Waals surface area (Å²) in [6.45, 7) is 0. The fourth-order valence-electron chi connectivity index (χ4n) is 2.48. The second-order valence-corrected chi connectivity index (χ2v) is 6.02. The zero-order valence-electron chi connectivity index (χ0n) is 14.9. The molecule has 1 amide bonds. The quantitative estimate of drug-likeness (QED) is 0.619. The molecule has 0 atom stereocenters. The van der Waals surface area contributed by atoms with Crippen LogP contribution in [-0.2, 0) is 0 Å². The van der Waals surface area contributed by atoms with Crippen LogP contribution in [0.25, 0.3) is 0 Å². The molecule has 0 saturated carbocycles. The van der Waals surface area contributed by atoms with Crippen molar-refractivity contribution in [3.63, 3.8) is 0 Å². The van der Waals surface area contributed by atoms with E-state index in [1.54, 1.807) is 36.4 Å². The van der Waals surface area contributed by atoms with Gasteiger partial charge >= 0.3 is 0 Å². The largest absolute Gasteiger partial charge is 0.493 e. The van der Waals surface area contributed by atoms with E-state index in [4.69, 9.17) is 25.8 Å². The normalized spacial score (nSPS) is 10.2. The number of carbonyl (C=O) groups excluding carboxylic acids is 1. The summed E-state index contributed by atoms with van der Waals surface area (Å²) in [6, 6.07) is 19.3. The van der Waals surface area contributed by atoms with Gasteiger partial charge in [0, 0.05) is 10.6 Å². The number of ether oxygens (including phenoxy) is 3. The van der Waals surface area contributed by atoms with Gasteiger partial charge in [0.15, 0.2) is 17.2 Å². The van der Waals surface area contributed by atoms with Crippen LogP contribution in [0, 0.1) is 0 Å². The number of hydrogen-bond donors (Lipinski definition) is 1. The van der Waals surface area contributed by atoms with Crippen molar-refractivity contribution in [3.05, 3.63) is 77.3 Å². The molecule has 5 nitrogen and oxygen atoms in total. The molecule has 0 spiro atoms. The molecule has 3 rings (SSSR count). The van der Waals surface area contributed by atoms with Gasteiger partial charge in [-0.2, -0.15) is 0 Å². The summed E-state index contributed by atoms with van der Waals surface area (Å²) in [6.07, 6.45) is 0. The van der Waals surface area contributed by atoms with Gasteiger partial charge in [-0.05, 0) is 48.5 Å². The van der Waals surface area contributed by atoms with E-state index in [9.17, 15) is 4.79 Å². The zero-order valence-corrected chi connectivity index (χ0v) is 15.6. The van der Waals surface area contributed by atoms with Gasteiger partial charge < -0.3 is 19.5 Å². The van der Waals surface area contributed by atoms with E-state index in [0.29, 0.717) is 39.3 Å². The van der Waals surface area contributed by atoms with Crippen molar-refractivity contribution >= 4 is 23.2 Å². The lowest BCUT2D eigenvalue weighted by Crippen LogP contribution is -2.13. The highest BCUT2D eigenvalue weighted by Crippen LogP contribution is 2.33. The number of anilines is 1. The number of methoxy groups -OCH3 is 2. The number of amides is 1. The summed E-state index contributed by atoms with van der Waals surface area (Å²) in [5.41, 5.74) is 0.879. The number of para-hydroxylation sites is 1. The molecule has 0 fully saturated rings.